The zero-order valence-electron chi connectivity index (χ0n) is 22.1. The third kappa shape index (κ3) is 6.49. The van der Waals surface area contributed by atoms with Crippen molar-refractivity contribution in [3.05, 3.63) is 89.5 Å². The fourth-order valence-electron chi connectivity index (χ4n) is 4.53. The van der Waals surface area contributed by atoms with Crippen LogP contribution in [0.3, 0.4) is 0 Å². The molecule has 1 fully saturated rings. The van der Waals surface area contributed by atoms with Crippen LogP contribution in [0.5, 0.6) is 11.5 Å². The van der Waals surface area contributed by atoms with E-state index in [4.69, 9.17) is 9.47 Å². The summed E-state index contributed by atoms with van der Waals surface area (Å²) in [5.74, 6) is -1.79. The van der Waals surface area contributed by atoms with Crippen molar-refractivity contribution < 1.29 is 37.4 Å². The Hall–Kier alpha value is -4.22. The molecule has 2 atom stereocenters. The lowest BCUT2D eigenvalue weighted by molar-refractivity contribution is -0.145. The number of nitrogens with one attached hydrogen (secondary N) is 1. The number of para-hydroxylation sites is 1. The van der Waals surface area contributed by atoms with E-state index in [1.807, 2.05) is 6.92 Å². The first-order valence-electron chi connectivity index (χ1n) is 12.7. The summed E-state index contributed by atoms with van der Waals surface area (Å²) in [7, 11) is -2.69. The second-order valence-corrected chi connectivity index (χ2v) is 11.3. The lowest BCUT2D eigenvalue weighted by atomic mass is 10.0. The van der Waals surface area contributed by atoms with Crippen molar-refractivity contribution in [1.29, 1.82) is 0 Å². The minimum absolute atomic E-state index is 0.0189. The Balaban J connectivity index is 1.46. The van der Waals surface area contributed by atoms with Crippen LogP contribution in [0.4, 0.5) is 0 Å². The first-order valence-corrected chi connectivity index (χ1v) is 14.1. The Morgan fingerprint density at radius 2 is 1.70 bits per heavy atom. The molecule has 0 radical (unpaired) electrons. The molecule has 0 unspecified atom stereocenters. The summed E-state index contributed by atoms with van der Waals surface area (Å²) < 4.78 is 38.3. The number of amides is 1. The molecule has 2 N–H and O–H groups in total. The van der Waals surface area contributed by atoms with Crippen LogP contribution in [0.15, 0.2) is 77.7 Å². The minimum Gasteiger partial charge on any atom is -0.478 e. The van der Waals surface area contributed by atoms with Gasteiger partial charge in [0, 0.05) is 13.0 Å². The number of sulfonamides is 1. The number of methoxy groups -OCH3 is 1. The maximum absolute atomic E-state index is 13.3. The molecular formula is C29H30N2O8S. The number of nitrogens with zero attached hydrogens (tertiary/aromatic N) is 1. The van der Waals surface area contributed by atoms with Gasteiger partial charge in [0.15, 0.2) is 0 Å². The molecule has 0 aromatic heterocycles. The Morgan fingerprint density at radius 3 is 2.35 bits per heavy atom. The van der Waals surface area contributed by atoms with Gasteiger partial charge in [0.05, 0.1) is 12.0 Å². The van der Waals surface area contributed by atoms with Crippen LogP contribution >= 0.6 is 0 Å². The van der Waals surface area contributed by atoms with E-state index in [0.717, 1.165) is 5.56 Å². The Kier molecular flexibility index (Phi) is 8.86. The zero-order chi connectivity index (χ0) is 28.9. The molecule has 1 aliphatic heterocycles. The third-order valence-corrected chi connectivity index (χ3v) is 8.57. The van der Waals surface area contributed by atoms with Gasteiger partial charge in [-0.25, -0.2) is 18.0 Å². The Labute approximate surface area is 232 Å². The van der Waals surface area contributed by atoms with E-state index in [1.54, 1.807) is 54.6 Å². The van der Waals surface area contributed by atoms with Gasteiger partial charge in [0.25, 0.3) is 0 Å². The number of aryl methyl sites for hydroxylation is 1. The molecule has 3 aromatic carbocycles. The maximum atomic E-state index is 13.3. The van der Waals surface area contributed by atoms with Crippen molar-refractivity contribution >= 4 is 27.9 Å². The highest BCUT2D eigenvalue weighted by atomic mass is 32.2. The average Bonchev–Trinajstić information content (AvgIpc) is 3.45. The van der Waals surface area contributed by atoms with Crippen LogP contribution < -0.4 is 10.1 Å². The summed E-state index contributed by atoms with van der Waals surface area (Å²) in [6.45, 7) is 2.05. The normalized spacial score (nSPS) is 16.2. The van der Waals surface area contributed by atoms with Crippen LogP contribution in [0, 0.1) is 6.92 Å². The van der Waals surface area contributed by atoms with Crippen LogP contribution in [0.2, 0.25) is 0 Å². The summed E-state index contributed by atoms with van der Waals surface area (Å²) in [6, 6.07) is 17.3. The van der Waals surface area contributed by atoms with Crippen LogP contribution in [-0.2, 0) is 30.8 Å². The maximum Gasteiger partial charge on any atom is 0.339 e. The fourth-order valence-corrected chi connectivity index (χ4v) is 6.18. The monoisotopic (exact) mass is 566 g/mol. The van der Waals surface area contributed by atoms with Gasteiger partial charge in [-0.2, -0.15) is 4.31 Å². The molecule has 210 valence electrons. The van der Waals surface area contributed by atoms with Gasteiger partial charge in [-0.3, -0.25) is 4.79 Å². The highest BCUT2D eigenvalue weighted by Gasteiger charge is 2.40. The lowest BCUT2D eigenvalue weighted by Crippen LogP contribution is -2.51. The summed E-state index contributed by atoms with van der Waals surface area (Å²) in [6.07, 6.45) is 0.926. The number of esters is 1. The lowest BCUT2D eigenvalue weighted by Gasteiger charge is -2.25. The molecule has 3 aromatic rings. The van der Waals surface area contributed by atoms with Gasteiger partial charge in [-0.15, -0.1) is 0 Å². The van der Waals surface area contributed by atoms with E-state index in [2.05, 4.69) is 5.32 Å². The van der Waals surface area contributed by atoms with E-state index >= 15 is 0 Å². The van der Waals surface area contributed by atoms with Crippen molar-refractivity contribution in [2.24, 2.45) is 0 Å². The molecule has 0 bridgehead atoms. The number of ether oxygens (including phenoxy) is 2. The molecule has 4 rings (SSSR count). The summed E-state index contributed by atoms with van der Waals surface area (Å²) in [5.41, 5.74) is 1.61. The van der Waals surface area contributed by atoms with Crippen molar-refractivity contribution in [2.45, 2.75) is 43.2 Å². The van der Waals surface area contributed by atoms with E-state index in [9.17, 15) is 27.9 Å². The minimum atomic E-state index is -3.90. The molecule has 1 aliphatic rings. The second kappa shape index (κ2) is 12.3. The molecule has 0 aliphatic carbocycles. The van der Waals surface area contributed by atoms with Gasteiger partial charge in [0.2, 0.25) is 15.9 Å². The molecule has 0 spiro atoms. The van der Waals surface area contributed by atoms with Gasteiger partial charge in [-0.05, 0) is 61.7 Å². The molecule has 11 heteroatoms. The summed E-state index contributed by atoms with van der Waals surface area (Å²) in [5, 5.41) is 12.0. The number of benzene rings is 3. The number of carboxylic acids is 1. The smallest absolute Gasteiger partial charge is 0.339 e. The summed E-state index contributed by atoms with van der Waals surface area (Å²) >= 11 is 0. The van der Waals surface area contributed by atoms with Crippen molar-refractivity contribution in [2.75, 3.05) is 13.7 Å². The Bertz CT molecular complexity index is 1490. The number of carbonyl (C=O) groups is 3. The SMILES string of the molecule is COC(=O)[C@H](Cc1ccc(Oc2ccccc2C(=O)O)cc1)NC(=O)[C@@H]1CCCN1S(=O)(=O)c1ccc(C)cc1. The second-order valence-electron chi connectivity index (χ2n) is 9.42. The highest BCUT2D eigenvalue weighted by Crippen LogP contribution is 2.28. The molecule has 1 saturated heterocycles. The highest BCUT2D eigenvalue weighted by molar-refractivity contribution is 7.89. The fraction of sp³-hybridized carbons (Fsp3) is 0.276. The average molecular weight is 567 g/mol. The molecule has 1 heterocycles. The van der Waals surface area contributed by atoms with E-state index < -0.39 is 40.0 Å². The molecule has 1 amide bonds. The number of aromatic carboxylic acids is 1. The van der Waals surface area contributed by atoms with Crippen LogP contribution in [0.1, 0.15) is 34.3 Å². The molecular weight excluding hydrogens is 536 g/mol. The number of hydrogen-bond donors (Lipinski definition) is 2. The first-order chi connectivity index (χ1) is 19.1. The Morgan fingerprint density at radius 1 is 1.02 bits per heavy atom. The first kappa shape index (κ1) is 28.8. The standard InChI is InChI=1S/C29H30N2O8S/c1-19-9-15-22(16-10-19)40(36,37)31-17-5-7-25(31)27(32)30-24(29(35)38-2)18-20-11-13-21(14-12-20)39-26-8-4-3-6-23(26)28(33)34/h3-4,6,8-16,24-25H,5,7,17-18H2,1-2H3,(H,30,32)(H,33,34)/t24-,25-/m0/s1. The van der Waals surface area contributed by atoms with Crippen LogP contribution in [0.25, 0.3) is 0 Å². The van der Waals surface area contributed by atoms with Gasteiger partial charge >= 0.3 is 11.9 Å². The number of carboxylic acid groups (broad SMARTS) is 1. The number of hydrogen-bond acceptors (Lipinski definition) is 7. The predicted octanol–water partition coefficient (Wildman–Crippen LogP) is 3.54. The topological polar surface area (TPSA) is 139 Å². The van der Waals surface area contributed by atoms with Gasteiger partial charge in [0.1, 0.15) is 29.1 Å². The molecule has 40 heavy (non-hydrogen) atoms. The van der Waals surface area contributed by atoms with Crippen molar-refractivity contribution in [3.8, 4) is 11.5 Å². The molecule has 10 nitrogen and oxygen atoms in total. The third-order valence-electron chi connectivity index (χ3n) is 6.64. The number of carbonyl (C=O) groups excluding carboxylic acids is 2. The molecule has 0 saturated carbocycles. The van der Waals surface area contributed by atoms with Gasteiger partial charge in [-0.1, -0.05) is 42.0 Å². The van der Waals surface area contributed by atoms with Gasteiger partial charge < -0.3 is 19.9 Å². The number of rotatable bonds is 10. The van der Waals surface area contributed by atoms with Crippen molar-refractivity contribution in [1.82, 2.24) is 9.62 Å². The predicted molar refractivity (Wildman–Crippen MR) is 146 cm³/mol. The van der Waals surface area contributed by atoms with Crippen molar-refractivity contribution in [3.63, 3.8) is 0 Å². The summed E-state index contributed by atoms with van der Waals surface area (Å²) in [4.78, 5) is 37.4. The van der Waals surface area contributed by atoms with E-state index in [0.29, 0.717) is 24.2 Å². The quantitative estimate of drug-likeness (QED) is 0.355. The van der Waals surface area contributed by atoms with Crippen LogP contribution in [-0.4, -0.2) is 61.4 Å². The van der Waals surface area contributed by atoms with E-state index in [-0.39, 0.29) is 29.2 Å². The van der Waals surface area contributed by atoms with E-state index in [1.165, 1.54) is 29.6 Å². The zero-order valence-corrected chi connectivity index (χ0v) is 22.9. The largest absolute Gasteiger partial charge is 0.478 e.